The van der Waals surface area contributed by atoms with E-state index in [9.17, 15) is 9.90 Å². The van der Waals surface area contributed by atoms with Crippen molar-refractivity contribution in [3.63, 3.8) is 0 Å². The second-order valence-corrected chi connectivity index (χ2v) is 7.90. The lowest BCUT2D eigenvalue weighted by Crippen LogP contribution is -2.41. The first-order valence-electron chi connectivity index (χ1n) is 8.20. The van der Waals surface area contributed by atoms with Crippen molar-refractivity contribution < 1.29 is 14.6 Å². The molecular weight excluding hydrogens is 326 g/mol. The van der Waals surface area contributed by atoms with Gasteiger partial charge in [-0.05, 0) is 51.5 Å². The highest BCUT2D eigenvalue weighted by molar-refractivity contribution is 7.20. The summed E-state index contributed by atoms with van der Waals surface area (Å²) in [5.41, 5.74) is 0.493. The standard InChI is InChI=1S/C17H23N3O3S/c1-17(2,22)11-4-6-12(7-5-11)19-15(21)10-8-13-14(18-9-10)20-16(23-3)24-13/h8-9,11-12,22H,4-7H2,1-3H3,(H,19,21). The number of nitrogens with one attached hydrogen (secondary N) is 1. The molecule has 2 N–H and O–H groups in total. The van der Waals surface area contributed by atoms with Gasteiger partial charge in [0.2, 0.25) is 0 Å². The average Bonchev–Trinajstić information content (AvgIpc) is 2.96. The van der Waals surface area contributed by atoms with Gasteiger partial charge in [0.05, 0.1) is 23.0 Å². The fourth-order valence-electron chi connectivity index (χ4n) is 3.22. The Morgan fingerprint density at radius 2 is 2.08 bits per heavy atom. The van der Waals surface area contributed by atoms with Crippen LogP contribution in [0.25, 0.3) is 10.3 Å². The zero-order chi connectivity index (χ0) is 17.3. The van der Waals surface area contributed by atoms with Crippen LogP contribution in [-0.4, -0.2) is 39.7 Å². The monoisotopic (exact) mass is 349 g/mol. The van der Waals surface area contributed by atoms with Crippen molar-refractivity contribution in [3.8, 4) is 5.19 Å². The van der Waals surface area contributed by atoms with Crippen molar-refractivity contribution in [2.24, 2.45) is 5.92 Å². The molecule has 0 saturated heterocycles. The maximum atomic E-state index is 12.5. The van der Waals surface area contributed by atoms with E-state index in [0.717, 1.165) is 30.4 Å². The molecule has 1 saturated carbocycles. The van der Waals surface area contributed by atoms with Crippen LogP contribution < -0.4 is 10.1 Å². The Morgan fingerprint density at radius 3 is 2.71 bits per heavy atom. The van der Waals surface area contributed by atoms with Gasteiger partial charge < -0.3 is 15.2 Å². The van der Waals surface area contributed by atoms with Crippen LogP contribution in [0, 0.1) is 5.92 Å². The smallest absolute Gasteiger partial charge is 0.275 e. The molecule has 0 atom stereocenters. The lowest BCUT2D eigenvalue weighted by molar-refractivity contribution is -0.00257. The van der Waals surface area contributed by atoms with Crippen molar-refractivity contribution in [3.05, 3.63) is 17.8 Å². The number of aliphatic hydroxyl groups is 1. The quantitative estimate of drug-likeness (QED) is 0.887. The molecule has 7 heteroatoms. The third-order valence-corrected chi connectivity index (χ3v) is 5.68. The molecule has 0 bridgehead atoms. The summed E-state index contributed by atoms with van der Waals surface area (Å²) in [7, 11) is 1.56. The van der Waals surface area contributed by atoms with Gasteiger partial charge in [0.25, 0.3) is 11.1 Å². The highest BCUT2D eigenvalue weighted by Crippen LogP contribution is 2.32. The summed E-state index contributed by atoms with van der Waals surface area (Å²) >= 11 is 1.37. The molecule has 24 heavy (non-hydrogen) atoms. The van der Waals surface area contributed by atoms with Gasteiger partial charge in [-0.15, -0.1) is 0 Å². The molecular formula is C17H23N3O3S. The number of ether oxygens (including phenoxy) is 1. The van der Waals surface area contributed by atoms with Gasteiger partial charge >= 0.3 is 0 Å². The van der Waals surface area contributed by atoms with Gasteiger partial charge in [0.15, 0.2) is 5.65 Å². The van der Waals surface area contributed by atoms with E-state index in [1.165, 1.54) is 11.3 Å². The Morgan fingerprint density at radius 1 is 1.38 bits per heavy atom. The van der Waals surface area contributed by atoms with E-state index in [1.807, 2.05) is 13.8 Å². The number of aromatic nitrogens is 2. The second kappa shape index (κ2) is 6.64. The molecule has 130 valence electrons. The number of rotatable bonds is 4. The summed E-state index contributed by atoms with van der Waals surface area (Å²) in [5, 5.41) is 13.7. The maximum Gasteiger partial charge on any atom is 0.275 e. The third kappa shape index (κ3) is 3.67. The van der Waals surface area contributed by atoms with Gasteiger partial charge in [-0.1, -0.05) is 11.3 Å². The molecule has 1 amide bonds. The molecule has 1 aliphatic rings. The van der Waals surface area contributed by atoms with Crippen molar-refractivity contribution in [2.45, 2.75) is 51.2 Å². The van der Waals surface area contributed by atoms with Gasteiger partial charge in [0, 0.05) is 12.2 Å². The summed E-state index contributed by atoms with van der Waals surface area (Å²) in [6.45, 7) is 3.72. The third-order valence-electron chi connectivity index (χ3n) is 4.73. The minimum absolute atomic E-state index is 0.108. The first-order valence-corrected chi connectivity index (χ1v) is 9.02. The van der Waals surface area contributed by atoms with E-state index >= 15 is 0 Å². The van der Waals surface area contributed by atoms with Crippen LogP contribution in [-0.2, 0) is 0 Å². The molecule has 2 aromatic rings. The first-order chi connectivity index (χ1) is 11.4. The number of thiazole rings is 1. The average molecular weight is 349 g/mol. The van der Waals surface area contributed by atoms with Crippen LogP contribution in [0.5, 0.6) is 5.19 Å². The van der Waals surface area contributed by atoms with E-state index in [1.54, 1.807) is 19.4 Å². The molecule has 0 aromatic carbocycles. The predicted octanol–water partition coefficient (Wildman–Crippen LogP) is 2.76. The number of hydrogen-bond acceptors (Lipinski definition) is 6. The summed E-state index contributed by atoms with van der Waals surface area (Å²) in [5.74, 6) is 0.191. The van der Waals surface area contributed by atoms with E-state index in [0.29, 0.717) is 22.3 Å². The highest BCUT2D eigenvalue weighted by atomic mass is 32.1. The SMILES string of the molecule is COc1nc2ncc(C(=O)NC3CCC(C(C)(C)O)CC3)cc2s1. The summed E-state index contributed by atoms with van der Waals surface area (Å²) in [6, 6.07) is 1.96. The van der Waals surface area contributed by atoms with Crippen LogP contribution in [0.3, 0.4) is 0 Å². The Labute approximate surface area is 145 Å². The van der Waals surface area contributed by atoms with Crippen LogP contribution in [0.1, 0.15) is 49.9 Å². The first kappa shape index (κ1) is 17.1. The molecule has 1 fully saturated rings. The van der Waals surface area contributed by atoms with Crippen molar-refractivity contribution in [1.82, 2.24) is 15.3 Å². The Hall–Kier alpha value is -1.73. The summed E-state index contributed by atoms with van der Waals surface area (Å²) in [4.78, 5) is 20.9. The molecule has 6 nitrogen and oxygen atoms in total. The van der Waals surface area contributed by atoms with Crippen LogP contribution >= 0.6 is 11.3 Å². The van der Waals surface area contributed by atoms with Crippen LogP contribution in [0.4, 0.5) is 0 Å². The number of fused-ring (bicyclic) bond motifs is 1. The van der Waals surface area contributed by atoms with Gasteiger partial charge in [-0.25, -0.2) is 4.98 Å². The predicted molar refractivity (Wildman–Crippen MR) is 93.5 cm³/mol. The summed E-state index contributed by atoms with van der Waals surface area (Å²) in [6.07, 6.45) is 5.20. The Kier molecular flexibility index (Phi) is 4.73. The number of carbonyl (C=O) groups is 1. The minimum atomic E-state index is -0.644. The summed E-state index contributed by atoms with van der Waals surface area (Å²) < 4.78 is 5.94. The molecule has 2 aromatic heterocycles. The van der Waals surface area contributed by atoms with E-state index in [2.05, 4.69) is 15.3 Å². The topological polar surface area (TPSA) is 84.3 Å². The molecule has 0 aliphatic heterocycles. The van der Waals surface area contributed by atoms with Crippen LogP contribution in [0.15, 0.2) is 12.3 Å². The maximum absolute atomic E-state index is 12.5. The fraction of sp³-hybridized carbons (Fsp3) is 0.588. The number of hydrogen-bond donors (Lipinski definition) is 2. The van der Waals surface area contributed by atoms with Gasteiger partial charge in [-0.2, -0.15) is 4.98 Å². The number of nitrogens with zero attached hydrogens (tertiary/aromatic N) is 2. The van der Waals surface area contributed by atoms with Gasteiger partial charge in [0.1, 0.15) is 0 Å². The normalized spacial score (nSPS) is 21.7. The van der Waals surface area contributed by atoms with E-state index < -0.39 is 5.60 Å². The van der Waals surface area contributed by atoms with E-state index in [-0.39, 0.29) is 11.9 Å². The number of amides is 1. The largest absolute Gasteiger partial charge is 0.473 e. The minimum Gasteiger partial charge on any atom is -0.473 e. The number of methoxy groups -OCH3 is 1. The van der Waals surface area contributed by atoms with Crippen molar-refractivity contribution in [1.29, 1.82) is 0 Å². The highest BCUT2D eigenvalue weighted by Gasteiger charge is 2.31. The van der Waals surface area contributed by atoms with Gasteiger partial charge in [-0.3, -0.25) is 4.79 Å². The fourth-order valence-corrected chi connectivity index (χ4v) is 4.00. The Bertz CT molecular complexity index is 730. The van der Waals surface area contributed by atoms with Crippen LogP contribution in [0.2, 0.25) is 0 Å². The zero-order valence-electron chi connectivity index (χ0n) is 14.2. The lowest BCUT2D eigenvalue weighted by Gasteiger charge is -2.36. The lowest BCUT2D eigenvalue weighted by atomic mass is 9.77. The Balaban J connectivity index is 1.63. The molecule has 1 aliphatic carbocycles. The zero-order valence-corrected chi connectivity index (χ0v) is 15.0. The number of pyridine rings is 1. The molecule has 3 rings (SSSR count). The number of carbonyl (C=O) groups excluding carboxylic acids is 1. The van der Waals surface area contributed by atoms with E-state index in [4.69, 9.17) is 4.74 Å². The molecule has 0 radical (unpaired) electrons. The molecule has 2 heterocycles. The second-order valence-electron chi connectivity index (χ2n) is 6.91. The molecule has 0 spiro atoms. The molecule has 0 unspecified atom stereocenters. The van der Waals surface area contributed by atoms with Crippen molar-refractivity contribution >= 4 is 27.6 Å². The van der Waals surface area contributed by atoms with Crippen molar-refractivity contribution in [2.75, 3.05) is 7.11 Å².